The SMILES string of the molecule is CCNc1cc(C(=O)N2CCC(C)C2)ccc1[N+](=O)[O-]. The zero-order valence-corrected chi connectivity index (χ0v) is 11.8. The molecule has 0 bridgehead atoms. The van der Waals surface area contributed by atoms with Gasteiger partial charge >= 0.3 is 0 Å². The smallest absolute Gasteiger partial charge is 0.292 e. The number of nitrogens with zero attached hydrogens (tertiary/aromatic N) is 2. The summed E-state index contributed by atoms with van der Waals surface area (Å²) in [4.78, 5) is 24.7. The number of anilines is 1. The van der Waals surface area contributed by atoms with Crippen molar-refractivity contribution in [2.24, 2.45) is 5.92 Å². The summed E-state index contributed by atoms with van der Waals surface area (Å²) in [7, 11) is 0. The molecule has 0 spiro atoms. The van der Waals surface area contributed by atoms with Crippen LogP contribution in [-0.4, -0.2) is 35.4 Å². The number of carbonyl (C=O) groups is 1. The van der Waals surface area contributed by atoms with Crippen molar-refractivity contribution in [3.05, 3.63) is 33.9 Å². The topological polar surface area (TPSA) is 75.5 Å². The van der Waals surface area contributed by atoms with Crippen LogP contribution in [0.2, 0.25) is 0 Å². The van der Waals surface area contributed by atoms with Gasteiger partial charge in [-0.2, -0.15) is 0 Å². The quantitative estimate of drug-likeness (QED) is 0.677. The van der Waals surface area contributed by atoms with E-state index in [2.05, 4.69) is 12.2 Å². The molecule has 6 nitrogen and oxygen atoms in total. The van der Waals surface area contributed by atoms with E-state index in [-0.39, 0.29) is 11.6 Å². The lowest BCUT2D eigenvalue weighted by Gasteiger charge is -2.16. The molecule has 0 aliphatic carbocycles. The normalized spacial score (nSPS) is 18.1. The first-order valence-corrected chi connectivity index (χ1v) is 6.84. The molecular formula is C14H19N3O3. The molecule has 20 heavy (non-hydrogen) atoms. The summed E-state index contributed by atoms with van der Waals surface area (Å²) in [6.45, 7) is 6.06. The van der Waals surface area contributed by atoms with Crippen molar-refractivity contribution in [2.75, 3.05) is 25.0 Å². The average molecular weight is 277 g/mol. The number of carbonyl (C=O) groups excluding carboxylic acids is 1. The van der Waals surface area contributed by atoms with Gasteiger partial charge in [0.15, 0.2) is 0 Å². The van der Waals surface area contributed by atoms with Gasteiger partial charge in [0.1, 0.15) is 5.69 Å². The fraction of sp³-hybridized carbons (Fsp3) is 0.500. The molecule has 1 aliphatic rings. The first kappa shape index (κ1) is 14.3. The Morgan fingerprint density at radius 2 is 2.30 bits per heavy atom. The van der Waals surface area contributed by atoms with Crippen molar-refractivity contribution in [2.45, 2.75) is 20.3 Å². The van der Waals surface area contributed by atoms with Gasteiger partial charge in [0.2, 0.25) is 0 Å². The minimum atomic E-state index is -0.440. The zero-order valence-electron chi connectivity index (χ0n) is 11.8. The average Bonchev–Trinajstić information content (AvgIpc) is 2.84. The predicted octanol–water partition coefficient (Wildman–Crippen LogP) is 2.51. The zero-order chi connectivity index (χ0) is 14.7. The van der Waals surface area contributed by atoms with Crippen LogP contribution < -0.4 is 5.32 Å². The summed E-state index contributed by atoms with van der Waals surface area (Å²) < 4.78 is 0. The molecule has 1 heterocycles. The van der Waals surface area contributed by atoms with Crippen molar-refractivity contribution >= 4 is 17.3 Å². The fourth-order valence-corrected chi connectivity index (χ4v) is 2.46. The molecule has 1 atom stereocenters. The Hall–Kier alpha value is -2.11. The number of nitro groups is 1. The molecule has 0 aromatic heterocycles. The Balaban J connectivity index is 2.26. The van der Waals surface area contributed by atoms with Crippen molar-refractivity contribution in [3.8, 4) is 0 Å². The number of amides is 1. The molecule has 1 fully saturated rings. The van der Waals surface area contributed by atoms with E-state index in [0.717, 1.165) is 19.5 Å². The monoisotopic (exact) mass is 277 g/mol. The van der Waals surface area contributed by atoms with E-state index in [1.54, 1.807) is 6.07 Å². The minimum absolute atomic E-state index is 0.00168. The maximum atomic E-state index is 12.4. The molecule has 1 aromatic rings. The molecule has 2 rings (SSSR count). The van der Waals surface area contributed by atoms with Gasteiger partial charge < -0.3 is 10.2 Å². The summed E-state index contributed by atoms with van der Waals surface area (Å²) in [5, 5.41) is 13.9. The van der Waals surface area contributed by atoms with Crippen molar-refractivity contribution in [3.63, 3.8) is 0 Å². The molecule has 1 N–H and O–H groups in total. The summed E-state index contributed by atoms with van der Waals surface area (Å²) in [5.74, 6) is 0.466. The maximum Gasteiger partial charge on any atom is 0.292 e. The van der Waals surface area contributed by atoms with Gasteiger partial charge in [-0.15, -0.1) is 0 Å². The molecule has 108 valence electrons. The highest BCUT2D eigenvalue weighted by atomic mass is 16.6. The van der Waals surface area contributed by atoms with Crippen LogP contribution in [0.15, 0.2) is 18.2 Å². The predicted molar refractivity (Wildman–Crippen MR) is 76.9 cm³/mol. The lowest BCUT2D eigenvalue weighted by Crippen LogP contribution is -2.28. The maximum absolute atomic E-state index is 12.4. The molecule has 1 amide bonds. The van der Waals surface area contributed by atoms with Gasteiger partial charge in [-0.1, -0.05) is 6.92 Å². The van der Waals surface area contributed by atoms with Crippen molar-refractivity contribution in [1.29, 1.82) is 0 Å². The van der Waals surface area contributed by atoms with E-state index in [1.807, 2.05) is 11.8 Å². The lowest BCUT2D eigenvalue weighted by molar-refractivity contribution is -0.384. The van der Waals surface area contributed by atoms with E-state index >= 15 is 0 Å². The largest absolute Gasteiger partial charge is 0.380 e. The first-order chi connectivity index (χ1) is 9.52. The highest BCUT2D eigenvalue weighted by Crippen LogP contribution is 2.27. The third kappa shape index (κ3) is 2.89. The van der Waals surface area contributed by atoms with Crippen LogP contribution in [0, 0.1) is 16.0 Å². The summed E-state index contributed by atoms with van der Waals surface area (Å²) in [5.41, 5.74) is 0.898. The van der Waals surface area contributed by atoms with Crippen molar-refractivity contribution < 1.29 is 9.72 Å². The van der Waals surface area contributed by atoms with Crippen LogP contribution in [0.3, 0.4) is 0 Å². The molecule has 6 heteroatoms. The van der Waals surface area contributed by atoms with E-state index in [4.69, 9.17) is 0 Å². The lowest BCUT2D eigenvalue weighted by atomic mass is 10.1. The molecule has 1 unspecified atom stereocenters. The van der Waals surface area contributed by atoms with Gasteiger partial charge in [-0.25, -0.2) is 0 Å². The van der Waals surface area contributed by atoms with Crippen LogP contribution in [-0.2, 0) is 0 Å². The first-order valence-electron chi connectivity index (χ1n) is 6.84. The van der Waals surface area contributed by atoms with Crippen LogP contribution in [0.25, 0.3) is 0 Å². The molecular weight excluding hydrogens is 258 g/mol. The van der Waals surface area contributed by atoms with Gasteiger partial charge in [0.25, 0.3) is 11.6 Å². The van der Waals surface area contributed by atoms with Gasteiger partial charge in [-0.3, -0.25) is 14.9 Å². The van der Waals surface area contributed by atoms with Gasteiger partial charge in [-0.05, 0) is 31.4 Å². The van der Waals surface area contributed by atoms with Crippen LogP contribution in [0.5, 0.6) is 0 Å². The number of likely N-dealkylation sites (tertiary alicyclic amines) is 1. The van der Waals surface area contributed by atoms with Crippen LogP contribution in [0.4, 0.5) is 11.4 Å². The second-order valence-corrected chi connectivity index (χ2v) is 5.16. The third-order valence-electron chi connectivity index (χ3n) is 3.52. The standard InChI is InChI=1S/C14H19N3O3/c1-3-15-12-8-11(4-5-13(12)17(19)20)14(18)16-7-6-10(2)9-16/h4-5,8,10,15H,3,6-7,9H2,1-2H3. The second kappa shape index (κ2) is 5.90. The molecule has 1 aliphatic heterocycles. The van der Waals surface area contributed by atoms with E-state index in [0.29, 0.717) is 23.7 Å². The van der Waals surface area contributed by atoms with Crippen molar-refractivity contribution in [1.82, 2.24) is 4.90 Å². The van der Waals surface area contributed by atoms with E-state index in [1.165, 1.54) is 12.1 Å². The Kier molecular flexibility index (Phi) is 4.22. The van der Waals surface area contributed by atoms with E-state index in [9.17, 15) is 14.9 Å². The summed E-state index contributed by atoms with van der Waals surface area (Å²) in [6.07, 6.45) is 1.01. The summed E-state index contributed by atoms with van der Waals surface area (Å²) in [6, 6.07) is 4.50. The highest BCUT2D eigenvalue weighted by Gasteiger charge is 2.25. The molecule has 1 aromatic carbocycles. The number of benzene rings is 1. The number of nitro benzene ring substituents is 1. The van der Waals surface area contributed by atoms with Gasteiger partial charge in [0.05, 0.1) is 4.92 Å². The minimum Gasteiger partial charge on any atom is -0.380 e. The number of nitrogens with one attached hydrogen (secondary N) is 1. The molecule has 0 radical (unpaired) electrons. The van der Waals surface area contributed by atoms with E-state index < -0.39 is 4.92 Å². The second-order valence-electron chi connectivity index (χ2n) is 5.16. The van der Waals surface area contributed by atoms with Crippen LogP contribution >= 0.6 is 0 Å². The Bertz CT molecular complexity index is 530. The highest BCUT2D eigenvalue weighted by molar-refractivity contribution is 5.96. The Morgan fingerprint density at radius 1 is 1.55 bits per heavy atom. The Labute approximate surface area is 117 Å². The molecule has 1 saturated heterocycles. The van der Waals surface area contributed by atoms with Crippen LogP contribution in [0.1, 0.15) is 30.6 Å². The number of hydrogen-bond acceptors (Lipinski definition) is 4. The van der Waals surface area contributed by atoms with Gasteiger partial charge in [0, 0.05) is 31.3 Å². The third-order valence-corrected chi connectivity index (χ3v) is 3.52. The number of rotatable bonds is 4. The number of hydrogen-bond donors (Lipinski definition) is 1. The molecule has 0 saturated carbocycles. The fourth-order valence-electron chi connectivity index (χ4n) is 2.46. The Morgan fingerprint density at radius 3 is 2.85 bits per heavy atom. The summed E-state index contributed by atoms with van der Waals surface area (Å²) >= 11 is 0.